The molecular weight excluding hydrogens is 1060 g/mol. The Hall–Kier alpha value is -1.32. The van der Waals surface area contributed by atoms with E-state index in [1.165, 1.54) is 125 Å². The van der Waals surface area contributed by atoms with Crippen LogP contribution in [0.1, 0.15) is 188 Å². The summed E-state index contributed by atoms with van der Waals surface area (Å²) >= 11 is 13.7. The molecule has 0 aliphatic heterocycles. The number of allylic oxidation sites excluding steroid dienone is 1. The smallest absolute Gasteiger partial charge is 0.545 e. The SMILES string of the molecule is CC(C)CCCC(C)[C@H]1CC[C@H]2[C@@H]3CCC4C[C@@H](CCC=C(c5cc(Cl)c(OCc6cccc(C(=O)[O-])c6)c(C(=O)[O-])c5)c5cc(Cl)c(OCc6cccc(C(=O)[O-])c6)c(C(=O)[O-])c5)CC[C@]4(C)[C@H]3CC[C@]12C.[Na+].[Na+].[Na+].[Na+]. The van der Waals surface area contributed by atoms with E-state index in [0.717, 1.165) is 54.8 Å². The molecule has 4 fully saturated rings. The Labute approximate surface area is 554 Å². The van der Waals surface area contributed by atoms with Crippen molar-refractivity contribution in [2.45, 2.75) is 138 Å². The molecule has 9 atom stereocenters. The van der Waals surface area contributed by atoms with Gasteiger partial charge in [-0.15, -0.1) is 0 Å². The normalized spacial score (nSPS) is 24.4. The van der Waals surface area contributed by atoms with Crippen LogP contribution in [0.15, 0.2) is 78.9 Å². The van der Waals surface area contributed by atoms with E-state index in [-0.39, 0.29) is 175 Å². The van der Waals surface area contributed by atoms with Gasteiger partial charge in [0.25, 0.3) is 0 Å². The van der Waals surface area contributed by atoms with Gasteiger partial charge in [0.1, 0.15) is 24.7 Å². The van der Waals surface area contributed by atoms with E-state index in [1.54, 1.807) is 12.1 Å². The van der Waals surface area contributed by atoms with E-state index in [1.807, 2.05) is 6.08 Å². The molecule has 0 saturated heterocycles. The predicted molar refractivity (Wildman–Crippen MR) is 275 cm³/mol. The van der Waals surface area contributed by atoms with Crippen molar-refractivity contribution in [3.8, 4) is 11.5 Å². The fraction of sp³-hybridized carbons (Fsp3) is 0.508. The monoisotopic (exact) mass is 1120 g/mol. The van der Waals surface area contributed by atoms with Crippen molar-refractivity contribution >= 4 is 52.7 Å². The van der Waals surface area contributed by atoms with Crippen molar-refractivity contribution in [3.63, 3.8) is 0 Å². The molecule has 8 rings (SSSR count). The van der Waals surface area contributed by atoms with Crippen LogP contribution >= 0.6 is 23.2 Å². The minimum Gasteiger partial charge on any atom is -0.545 e. The number of benzene rings is 4. The summed E-state index contributed by atoms with van der Waals surface area (Å²) < 4.78 is 11.8. The van der Waals surface area contributed by atoms with E-state index < -0.39 is 23.9 Å². The van der Waals surface area contributed by atoms with Crippen LogP contribution in [0.4, 0.5) is 0 Å². The zero-order valence-electron chi connectivity index (χ0n) is 46.8. The molecule has 0 amide bonds. The zero-order chi connectivity index (χ0) is 52.4. The Morgan fingerprint density at radius 2 is 1.14 bits per heavy atom. The second-order valence-corrected chi connectivity index (χ2v) is 23.6. The van der Waals surface area contributed by atoms with Gasteiger partial charge in [-0.3, -0.25) is 0 Å². The summed E-state index contributed by atoms with van der Waals surface area (Å²) in [5.74, 6) is -0.417. The van der Waals surface area contributed by atoms with Crippen LogP contribution in [0.25, 0.3) is 5.57 Å². The summed E-state index contributed by atoms with van der Waals surface area (Å²) in [6, 6.07) is 17.5. The molecule has 0 spiro atoms. The number of carboxylic acids is 4. The van der Waals surface area contributed by atoms with Crippen molar-refractivity contribution in [2.24, 2.45) is 58.2 Å². The first-order valence-electron chi connectivity index (χ1n) is 26.4. The van der Waals surface area contributed by atoms with Crippen LogP contribution in [-0.4, -0.2) is 23.9 Å². The van der Waals surface area contributed by atoms with E-state index in [9.17, 15) is 39.6 Å². The molecule has 0 bridgehead atoms. The number of hydrogen-bond acceptors (Lipinski definition) is 10. The maximum atomic E-state index is 12.8. The molecule has 4 aliphatic carbocycles. The van der Waals surface area contributed by atoms with Gasteiger partial charge < -0.3 is 49.1 Å². The molecule has 390 valence electrons. The van der Waals surface area contributed by atoms with Crippen molar-refractivity contribution in [2.75, 3.05) is 0 Å². The molecular formula is C61H68Cl2Na4O10. The molecule has 2 unspecified atom stereocenters. The van der Waals surface area contributed by atoms with Crippen LogP contribution in [0, 0.1) is 58.2 Å². The van der Waals surface area contributed by atoms with E-state index >= 15 is 0 Å². The average Bonchev–Trinajstić information content (AvgIpc) is 3.71. The number of ether oxygens (including phenoxy) is 2. The van der Waals surface area contributed by atoms with Crippen LogP contribution < -0.4 is 148 Å². The quantitative estimate of drug-likeness (QED) is 0.0955. The second-order valence-electron chi connectivity index (χ2n) is 22.8. The predicted octanol–water partition coefficient (Wildman–Crippen LogP) is -1.43. The summed E-state index contributed by atoms with van der Waals surface area (Å²) in [6.45, 7) is 12.1. The fourth-order valence-corrected chi connectivity index (χ4v) is 15.0. The van der Waals surface area contributed by atoms with Crippen LogP contribution in [0.2, 0.25) is 10.0 Å². The van der Waals surface area contributed by atoms with Gasteiger partial charge in [0, 0.05) is 11.1 Å². The first-order chi connectivity index (χ1) is 34.8. The van der Waals surface area contributed by atoms with Crippen molar-refractivity contribution in [3.05, 3.63) is 133 Å². The van der Waals surface area contributed by atoms with Gasteiger partial charge in [-0.1, -0.05) is 120 Å². The van der Waals surface area contributed by atoms with Crippen molar-refractivity contribution in [1.82, 2.24) is 0 Å². The third-order valence-electron chi connectivity index (χ3n) is 18.1. The average molecular weight is 1120 g/mol. The summed E-state index contributed by atoms with van der Waals surface area (Å²) in [4.78, 5) is 48.7. The van der Waals surface area contributed by atoms with Crippen LogP contribution in [-0.2, 0) is 13.2 Å². The van der Waals surface area contributed by atoms with Gasteiger partial charge in [-0.2, -0.15) is 0 Å². The molecule has 10 nitrogen and oxygen atoms in total. The molecule has 4 saturated carbocycles. The van der Waals surface area contributed by atoms with Gasteiger partial charge in [0.05, 0.1) is 33.9 Å². The maximum Gasteiger partial charge on any atom is 1.00 e. The van der Waals surface area contributed by atoms with Gasteiger partial charge in [0.15, 0.2) is 0 Å². The number of aromatic carboxylic acids is 4. The third-order valence-corrected chi connectivity index (χ3v) is 18.7. The minimum atomic E-state index is -1.58. The maximum absolute atomic E-state index is 12.8. The van der Waals surface area contributed by atoms with Crippen LogP contribution in [0.5, 0.6) is 11.5 Å². The first kappa shape index (κ1) is 68.2. The molecule has 77 heavy (non-hydrogen) atoms. The summed E-state index contributed by atoms with van der Waals surface area (Å²) in [7, 11) is 0. The summed E-state index contributed by atoms with van der Waals surface area (Å²) in [5.41, 5.74) is 1.87. The largest absolute Gasteiger partial charge is 1.00 e. The topological polar surface area (TPSA) is 179 Å². The number of halogens is 2. The molecule has 0 heterocycles. The van der Waals surface area contributed by atoms with Gasteiger partial charge in [-0.25, -0.2) is 0 Å². The Kier molecular flexibility index (Phi) is 26.4. The van der Waals surface area contributed by atoms with Crippen molar-refractivity contribution < 1.29 is 167 Å². The molecule has 16 heteroatoms. The molecule has 0 N–H and O–H groups in total. The number of rotatable bonds is 20. The Balaban J connectivity index is 0.00000320. The fourth-order valence-electron chi connectivity index (χ4n) is 14.5. The van der Waals surface area contributed by atoms with Gasteiger partial charge >= 0.3 is 118 Å². The second kappa shape index (κ2) is 29.8. The van der Waals surface area contributed by atoms with Gasteiger partial charge in [-0.05, 0) is 204 Å². The number of carboxylic acid groups (broad SMARTS) is 4. The third kappa shape index (κ3) is 15.7. The standard InChI is InChI=1S/C61H72Cl2O10.4Na/c1-35(2)10-6-11-36(3)49-20-21-50-46-19-18-44-28-37(22-24-60(44,4)51(46)23-25-61(49,50)5)12-9-17-45(42-29-47(58(68)69)54(52(62)31-42)72-33-38-13-7-15-40(26-38)56(64)65)43-30-48(59(70)71)55(53(63)32-43)73-34-39-14-8-16-41(27-39)57(66)67;;;;/h7-8,13-17,26-27,29-32,35-37,44,46,49-51H,6,9-12,18-25,28,33-34H2,1-5H3,(H,64,65)(H,66,67)(H,68,69)(H,70,71);;;;/q;4*+1/p-4/t36?,37-,44?,46-,49+,50-,51-,60-,61+;;;;/m0..../s1. The Morgan fingerprint density at radius 3 is 1.65 bits per heavy atom. The first-order valence-corrected chi connectivity index (χ1v) is 27.2. The Bertz CT molecular complexity index is 2640. The Morgan fingerprint density at radius 1 is 0.623 bits per heavy atom. The number of carbonyl (C=O) groups is 4. The van der Waals surface area contributed by atoms with E-state index in [4.69, 9.17) is 32.7 Å². The molecule has 4 aliphatic rings. The van der Waals surface area contributed by atoms with Crippen molar-refractivity contribution in [1.29, 1.82) is 0 Å². The van der Waals surface area contributed by atoms with E-state index in [2.05, 4.69) is 34.6 Å². The molecule has 0 radical (unpaired) electrons. The minimum absolute atomic E-state index is 0. The zero-order valence-corrected chi connectivity index (χ0v) is 56.3. The van der Waals surface area contributed by atoms with E-state index in [0.29, 0.717) is 56.9 Å². The van der Waals surface area contributed by atoms with Crippen LogP contribution in [0.3, 0.4) is 0 Å². The summed E-state index contributed by atoms with van der Waals surface area (Å²) in [6.07, 6.45) is 18.9. The van der Waals surface area contributed by atoms with Gasteiger partial charge in [0.2, 0.25) is 0 Å². The number of hydrogen-bond donors (Lipinski definition) is 0. The molecule has 4 aromatic carbocycles. The summed E-state index contributed by atoms with van der Waals surface area (Å²) in [5, 5.41) is 48.5. The number of fused-ring (bicyclic) bond motifs is 5. The number of carbonyl (C=O) groups excluding carboxylic acids is 4. The molecule has 0 aromatic heterocycles. The molecule has 4 aromatic rings.